The minimum atomic E-state index is 0.625. The quantitative estimate of drug-likeness (QED) is 0.393. The minimum absolute atomic E-state index is 0.625. The second-order valence-corrected chi connectivity index (χ2v) is 6.87. The Bertz CT molecular complexity index is 1080. The molecule has 3 aromatic carbocycles. The number of benzene rings is 3. The van der Waals surface area contributed by atoms with Crippen molar-refractivity contribution >= 4 is 46.4 Å². The third-order valence-corrected chi connectivity index (χ3v) is 4.80. The number of fused-ring (bicyclic) bond motifs is 1. The van der Waals surface area contributed by atoms with Gasteiger partial charge < -0.3 is 4.57 Å². The topological polar surface area (TPSA) is 17.8 Å². The zero-order valence-corrected chi connectivity index (χ0v) is 15.5. The summed E-state index contributed by atoms with van der Waals surface area (Å²) in [5, 5.41) is 1.25. The van der Waals surface area contributed by atoms with Crippen LogP contribution < -0.4 is 0 Å². The Balaban J connectivity index is 1.76. The van der Waals surface area contributed by atoms with Gasteiger partial charge in [0.15, 0.2) is 0 Å². The lowest BCUT2D eigenvalue weighted by atomic mass is 10.2. The summed E-state index contributed by atoms with van der Waals surface area (Å²) in [7, 11) is 0. The fourth-order valence-electron chi connectivity index (χ4n) is 2.95. The van der Waals surface area contributed by atoms with Crippen molar-refractivity contribution in [3.05, 3.63) is 99.8 Å². The van der Waals surface area contributed by atoms with Gasteiger partial charge in [-0.1, -0.05) is 71.7 Å². The number of nitrogens with zero attached hydrogens (tertiary/aromatic N) is 2. The van der Waals surface area contributed by atoms with E-state index < -0.39 is 0 Å². The molecule has 0 spiro atoms. The molecule has 0 N–H and O–H groups in total. The summed E-state index contributed by atoms with van der Waals surface area (Å²) in [4.78, 5) is 4.78. The van der Waals surface area contributed by atoms with Gasteiger partial charge >= 0.3 is 0 Å². The SMILES string of the molecule is Clc1ccc(C=Cc2nc3ccccc3n2Cc2ccccc2)c(Cl)c1. The van der Waals surface area contributed by atoms with Gasteiger partial charge in [-0.15, -0.1) is 0 Å². The molecule has 0 amide bonds. The zero-order valence-electron chi connectivity index (χ0n) is 13.9. The van der Waals surface area contributed by atoms with Crippen molar-refractivity contribution in [3.63, 3.8) is 0 Å². The van der Waals surface area contributed by atoms with Crippen molar-refractivity contribution in [3.8, 4) is 0 Å². The van der Waals surface area contributed by atoms with Crippen molar-refractivity contribution < 1.29 is 0 Å². The Morgan fingerprint density at radius 2 is 1.62 bits per heavy atom. The molecular formula is C22H16Cl2N2. The highest BCUT2D eigenvalue weighted by Gasteiger charge is 2.09. The first-order valence-corrected chi connectivity index (χ1v) is 9.08. The van der Waals surface area contributed by atoms with E-state index in [-0.39, 0.29) is 0 Å². The predicted octanol–water partition coefficient (Wildman–Crippen LogP) is 6.56. The molecule has 0 saturated carbocycles. The van der Waals surface area contributed by atoms with Gasteiger partial charge in [0.05, 0.1) is 11.0 Å². The molecule has 4 heteroatoms. The summed E-state index contributed by atoms with van der Waals surface area (Å²) >= 11 is 12.3. The molecule has 2 nitrogen and oxygen atoms in total. The summed E-state index contributed by atoms with van der Waals surface area (Å²) in [6.45, 7) is 0.759. The number of imidazole rings is 1. The van der Waals surface area contributed by atoms with Crippen LogP contribution in [0.3, 0.4) is 0 Å². The molecule has 0 fully saturated rings. The van der Waals surface area contributed by atoms with E-state index in [2.05, 4.69) is 34.9 Å². The zero-order chi connectivity index (χ0) is 17.9. The van der Waals surface area contributed by atoms with Gasteiger partial charge in [0.2, 0.25) is 0 Å². The van der Waals surface area contributed by atoms with Crippen molar-refractivity contribution in [2.75, 3.05) is 0 Å². The summed E-state index contributed by atoms with van der Waals surface area (Å²) in [5.74, 6) is 0.890. The van der Waals surface area contributed by atoms with E-state index in [0.717, 1.165) is 29.0 Å². The average molecular weight is 379 g/mol. The maximum Gasteiger partial charge on any atom is 0.134 e. The number of hydrogen-bond donors (Lipinski definition) is 0. The van der Waals surface area contributed by atoms with E-state index in [4.69, 9.17) is 28.2 Å². The smallest absolute Gasteiger partial charge is 0.134 e. The Morgan fingerprint density at radius 1 is 0.846 bits per heavy atom. The lowest BCUT2D eigenvalue weighted by molar-refractivity contribution is 0.814. The lowest BCUT2D eigenvalue weighted by Gasteiger charge is -2.07. The van der Waals surface area contributed by atoms with Crippen molar-refractivity contribution in [1.82, 2.24) is 9.55 Å². The van der Waals surface area contributed by atoms with Gasteiger partial charge in [0.25, 0.3) is 0 Å². The maximum atomic E-state index is 6.28. The highest BCUT2D eigenvalue weighted by molar-refractivity contribution is 6.35. The van der Waals surface area contributed by atoms with Gasteiger partial charge in [-0.2, -0.15) is 0 Å². The molecule has 1 aromatic heterocycles. The Hall–Kier alpha value is -2.55. The Labute approximate surface area is 162 Å². The van der Waals surface area contributed by atoms with Crippen LogP contribution in [0.4, 0.5) is 0 Å². The van der Waals surface area contributed by atoms with Crippen LogP contribution in [0.25, 0.3) is 23.2 Å². The van der Waals surface area contributed by atoms with Crippen molar-refractivity contribution in [1.29, 1.82) is 0 Å². The summed E-state index contributed by atoms with van der Waals surface area (Å²) in [6, 6.07) is 24.0. The molecule has 0 radical (unpaired) electrons. The van der Waals surface area contributed by atoms with Crippen LogP contribution in [-0.2, 0) is 6.54 Å². The van der Waals surface area contributed by atoms with Crippen LogP contribution in [0.15, 0.2) is 72.8 Å². The molecule has 4 rings (SSSR count). The van der Waals surface area contributed by atoms with Crippen LogP contribution >= 0.6 is 23.2 Å². The molecule has 1 heterocycles. The second kappa shape index (κ2) is 7.36. The number of rotatable bonds is 4. The van der Waals surface area contributed by atoms with E-state index in [1.165, 1.54) is 5.56 Å². The second-order valence-electron chi connectivity index (χ2n) is 6.03. The maximum absolute atomic E-state index is 6.28. The van der Waals surface area contributed by atoms with Gasteiger partial charge in [-0.05, 0) is 47.5 Å². The van der Waals surface area contributed by atoms with Gasteiger partial charge in [0, 0.05) is 16.6 Å². The molecule has 0 unspecified atom stereocenters. The van der Waals surface area contributed by atoms with E-state index >= 15 is 0 Å². The first-order chi connectivity index (χ1) is 12.7. The van der Waals surface area contributed by atoms with Gasteiger partial charge in [0.1, 0.15) is 5.82 Å². The van der Waals surface area contributed by atoms with Crippen LogP contribution in [0.2, 0.25) is 10.0 Å². The van der Waals surface area contributed by atoms with Crippen LogP contribution in [0.5, 0.6) is 0 Å². The molecule has 0 saturated heterocycles. The largest absolute Gasteiger partial charge is 0.320 e. The highest BCUT2D eigenvalue weighted by Crippen LogP contribution is 2.24. The fourth-order valence-corrected chi connectivity index (χ4v) is 3.43. The fraction of sp³-hybridized carbons (Fsp3) is 0.0455. The first kappa shape index (κ1) is 16.9. The average Bonchev–Trinajstić information content (AvgIpc) is 3.00. The summed E-state index contributed by atoms with van der Waals surface area (Å²) in [6.07, 6.45) is 3.97. The van der Waals surface area contributed by atoms with E-state index in [0.29, 0.717) is 10.0 Å². The van der Waals surface area contributed by atoms with E-state index in [1.807, 2.05) is 48.6 Å². The molecule has 128 valence electrons. The standard InChI is InChI=1S/C22H16Cl2N2/c23-18-12-10-17(19(24)14-18)11-13-22-25-20-8-4-5-9-21(20)26(22)15-16-6-2-1-3-7-16/h1-14H,15H2. The molecule has 0 aliphatic carbocycles. The van der Waals surface area contributed by atoms with Gasteiger partial charge in [-0.3, -0.25) is 0 Å². The Morgan fingerprint density at radius 3 is 2.42 bits per heavy atom. The van der Waals surface area contributed by atoms with Gasteiger partial charge in [-0.25, -0.2) is 4.98 Å². The molecule has 4 aromatic rings. The molecule has 0 atom stereocenters. The third kappa shape index (κ3) is 3.52. The molecule has 26 heavy (non-hydrogen) atoms. The first-order valence-electron chi connectivity index (χ1n) is 8.33. The van der Waals surface area contributed by atoms with Crippen molar-refractivity contribution in [2.45, 2.75) is 6.54 Å². The van der Waals surface area contributed by atoms with Crippen molar-refractivity contribution in [2.24, 2.45) is 0 Å². The number of para-hydroxylation sites is 2. The summed E-state index contributed by atoms with van der Waals surface area (Å²) in [5.41, 5.74) is 4.23. The molecule has 0 bridgehead atoms. The number of halogens is 2. The highest BCUT2D eigenvalue weighted by atomic mass is 35.5. The van der Waals surface area contributed by atoms with E-state index in [9.17, 15) is 0 Å². The third-order valence-electron chi connectivity index (χ3n) is 4.24. The molecule has 0 aliphatic rings. The predicted molar refractivity (Wildman–Crippen MR) is 111 cm³/mol. The van der Waals surface area contributed by atoms with Crippen LogP contribution in [0, 0.1) is 0 Å². The lowest BCUT2D eigenvalue weighted by Crippen LogP contribution is -2.01. The minimum Gasteiger partial charge on any atom is -0.320 e. The molecule has 0 aliphatic heterocycles. The number of hydrogen-bond acceptors (Lipinski definition) is 1. The van der Waals surface area contributed by atoms with Crippen LogP contribution in [-0.4, -0.2) is 9.55 Å². The van der Waals surface area contributed by atoms with E-state index in [1.54, 1.807) is 6.07 Å². The molecular weight excluding hydrogens is 363 g/mol. The number of aromatic nitrogens is 2. The monoisotopic (exact) mass is 378 g/mol. The van der Waals surface area contributed by atoms with Crippen LogP contribution in [0.1, 0.15) is 17.0 Å². The normalized spacial score (nSPS) is 11.5. The summed E-state index contributed by atoms with van der Waals surface area (Å²) < 4.78 is 2.21. The Kier molecular flexibility index (Phi) is 4.79.